The van der Waals surface area contributed by atoms with Crippen molar-refractivity contribution in [1.29, 1.82) is 0 Å². The molecule has 136 valence electrons. The van der Waals surface area contributed by atoms with Crippen molar-refractivity contribution in [2.75, 3.05) is 39.4 Å². The van der Waals surface area contributed by atoms with E-state index in [-0.39, 0.29) is 17.7 Å². The zero-order chi connectivity index (χ0) is 17.6. The predicted octanol–water partition coefficient (Wildman–Crippen LogP) is 0.654. The van der Waals surface area contributed by atoms with E-state index in [0.717, 1.165) is 25.8 Å². The maximum Gasteiger partial charge on any atom is 0.236 e. The largest absolute Gasteiger partial charge is 0.381 e. The molecule has 1 aromatic rings. The maximum absolute atomic E-state index is 12.7. The number of hydrogen-bond acceptors (Lipinski definition) is 4. The number of rotatable bonds is 5. The molecule has 0 bridgehead atoms. The van der Waals surface area contributed by atoms with Crippen molar-refractivity contribution in [2.24, 2.45) is 11.7 Å². The minimum atomic E-state index is -0.402. The van der Waals surface area contributed by atoms with Crippen LogP contribution in [0.1, 0.15) is 18.4 Å². The predicted molar refractivity (Wildman–Crippen MR) is 94.8 cm³/mol. The van der Waals surface area contributed by atoms with Crippen molar-refractivity contribution in [3.63, 3.8) is 0 Å². The van der Waals surface area contributed by atoms with Gasteiger partial charge in [-0.2, -0.15) is 0 Å². The van der Waals surface area contributed by atoms with Gasteiger partial charge in [0.1, 0.15) is 6.04 Å². The Morgan fingerprint density at radius 1 is 1.12 bits per heavy atom. The molecule has 0 unspecified atom stereocenters. The average molecular weight is 345 g/mol. The van der Waals surface area contributed by atoms with E-state index in [1.165, 1.54) is 5.56 Å². The Labute approximate surface area is 148 Å². The molecule has 2 heterocycles. The molecule has 0 aliphatic carbocycles. The van der Waals surface area contributed by atoms with Crippen LogP contribution in [0, 0.1) is 5.92 Å². The SMILES string of the molecule is NC(=O)[C@H]1CN(C(=O)C2CCOCC2)CCN1CCc1ccccc1. The van der Waals surface area contributed by atoms with Gasteiger partial charge in [0.05, 0.1) is 0 Å². The van der Waals surface area contributed by atoms with Crippen LogP contribution in [0.25, 0.3) is 0 Å². The van der Waals surface area contributed by atoms with E-state index < -0.39 is 6.04 Å². The lowest BCUT2D eigenvalue weighted by atomic mass is 9.97. The molecule has 6 nitrogen and oxygen atoms in total. The normalized spacial score (nSPS) is 22.7. The number of hydrogen-bond donors (Lipinski definition) is 1. The highest BCUT2D eigenvalue weighted by atomic mass is 16.5. The summed E-state index contributed by atoms with van der Waals surface area (Å²) >= 11 is 0. The van der Waals surface area contributed by atoms with Crippen molar-refractivity contribution in [3.05, 3.63) is 35.9 Å². The molecule has 2 aliphatic heterocycles. The molecule has 2 amide bonds. The summed E-state index contributed by atoms with van der Waals surface area (Å²) in [7, 11) is 0. The number of carbonyl (C=O) groups excluding carboxylic acids is 2. The molecule has 1 atom stereocenters. The molecule has 2 fully saturated rings. The molecule has 2 aliphatic rings. The molecule has 2 N–H and O–H groups in total. The molecule has 3 rings (SSSR count). The molecule has 0 aromatic heterocycles. The summed E-state index contributed by atoms with van der Waals surface area (Å²) in [4.78, 5) is 28.6. The highest BCUT2D eigenvalue weighted by molar-refractivity contribution is 5.83. The maximum atomic E-state index is 12.7. The van der Waals surface area contributed by atoms with Crippen LogP contribution in [0.5, 0.6) is 0 Å². The number of nitrogens with zero attached hydrogens (tertiary/aromatic N) is 2. The Kier molecular flexibility index (Phi) is 6.04. The Bertz CT molecular complexity index is 587. The average Bonchev–Trinajstić information content (AvgIpc) is 2.67. The third kappa shape index (κ3) is 4.58. The fourth-order valence-electron chi connectivity index (χ4n) is 3.68. The molecule has 6 heteroatoms. The number of amides is 2. The van der Waals surface area contributed by atoms with Gasteiger partial charge in [-0.25, -0.2) is 0 Å². The second kappa shape index (κ2) is 8.45. The van der Waals surface area contributed by atoms with Crippen molar-refractivity contribution in [2.45, 2.75) is 25.3 Å². The number of primary amides is 1. The highest BCUT2D eigenvalue weighted by Crippen LogP contribution is 2.20. The fourth-order valence-corrected chi connectivity index (χ4v) is 3.68. The molecule has 25 heavy (non-hydrogen) atoms. The standard InChI is InChI=1S/C19H27N3O3/c20-18(23)17-14-22(19(24)16-7-12-25-13-8-16)11-10-21(17)9-6-15-4-2-1-3-5-15/h1-5,16-17H,6-14H2,(H2,20,23)/t17-/m1/s1. The molecule has 0 saturated carbocycles. The highest BCUT2D eigenvalue weighted by Gasteiger charge is 2.35. The first-order valence-corrected chi connectivity index (χ1v) is 9.09. The van der Waals surface area contributed by atoms with Gasteiger partial charge in [-0.1, -0.05) is 30.3 Å². The van der Waals surface area contributed by atoms with Gasteiger partial charge in [-0.15, -0.1) is 0 Å². The van der Waals surface area contributed by atoms with Gasteiger partial charge in [0.15, 0.2) is 0 Å². The molecule has 2 saturated heterocycles. The van der Waals surface area contributed by atoms with Gasteiger partial charge < -0.3 is 15.4 Å². The summed E-state index contributed by atoms with van der Waals surface area (Å²) in [5, 5.41) is 0. The van der Waals surface area contributed by atoms with Crippen molar-refractivity contribution in [3.8, 4) is 0 Å². The second-order valence-corrected chi connectivity index (χ2v) is 6.86. The molecule has 0 radical (unpaired) electrons. The second-order valence-electron chi connectivity index (χ2n) is 6.86. The number of ether oxygens (including phenoxy) is 1. The summed E-state index contributed by atoms with van der Waals surface area (Å²) in [5.74, 6) is -0.173. The Balaban J connectivity index is 1.58. The lowest BCUT2D eigenvalue weighted by molar-refractivity contribution is -0.143. The fraction of sp³-hybridized carbons (Fsp3) is 0.579. The molecule has 1 aromatic carbocycles. The topological polar surface area (TPSA) is 75.9 Å². The Morgan fingerprint density at radius 3 is 2.52 bits per heavy atom. The molecular formula is C19H27N3O3. The zero-order valence-corrected chi connectivity index (χ0v) is 14.6. The minimum absolute atomic E-state index is 0.0261. The van der Waals surface area contributed by atoms with Crippen LogP contribution < -0.4 is 5.73 Å². The summed E-state index contributed by atoms with van der Waals surface area (Å²) in [6.07, 6.45) is 2.42. The van der Waals surface area contributed by atoms with E-state index in [1.807, 2.05) is 23.1 Å². The molecular weight excluding hydrogens is 318 g/mol. The van der Waals surface area contributed by atoms with Crippen LogP contribution in [0.15, 0.2) is 30.3 Å². The molecule has 0 spiro atoms. The quantitative estimate of drug-likeness (QED) is 0.850. The Morgan fingerprint density at radius 2 is 1.84 bits per heavy atom. The summed E-state index contributed by atoms with van der Waals surface area (Å²) in [5.41, 5.74) is 6.87. The van der Waals surface area contributed by atoms with Crippen LogP contribution in [-0.2, 0) is 20.7 Å². The lowest BCUT2D eigenvalue weighted by Crippen LogP contribution is -2.60. The number of piperazine rings is 1. The Hall–Kier alpha value is -1.92. The first-order valence-electron chi connectivity index (χ1n) is 9.09. The van der Waals surface area contributed by atoms with Gasteiger partial charge in [-0.05, 0) is 24.8 Å². The third-order valence-corrected chi connectivity index (χ3v) is 5.23. The zero-order valence-electron chi connectivity index (χ0n) is 14.6. The van der Waals surface area contributed by atoms with Crippen molar-refractivity contribution in [1.82, 2.24) is 9.80 Å². The summed E-state index contributed by atoms with van der Waals surface area (Å²) < 4.78 is 5.33. The van der Waals surface area contributed by atoms with Crippen molar-refractivity contribution < 1.29 is 14.3 Å². The lowest BCUT2D eigenvalue weighted by Gasteiger charge is -2.41. The van der Waals surface area contributed by atoms with E-state index in [0.29, 0.717) is 32.8 Å². The van der Waals surface area contributed by atoms with Crippen molar-refractivity contribution >= 4 is 11.8 Å². The minimum Gasteiger partial charge on any atom is -0.381 e. The van der Waals surface area contributed by atoms with E-state index in [4.69, 9.17) is 10.5 Å². The van der Waals surface area contributed by atoms with E-state index in [1.54, 1.807) is 0 Å². The number of benzene rings is 1. The van der Waals surface area contributed by atoms with Gasteiger partial charge in [0, 0.05) is 45.3 Å². The van der Waals surface area contributed by atoms with Crippen LogP contribution in [0.3, 0.4) is 0 Å². The smallest absolute Gasteiger partial charge is 0.236 e. The van der Waals surface area contributed by atoms with Gasteiger partial charge in [0.2, 0.25) is 11.8 Å². The third-order valence-electron chi connectivity index (χ3n) is 5.23. The summed E-state index contributed by atoms with van der Waals surface area (Å²) in [6, 6.07) is 9.81. The summed E-state index contributed by atoms with van der Waals surface area (Å²) in [6.45, 7) is 3.82. The number of carbonyl (C=O) groups is 2. The van der Waals surface area contributed by atoms with Crippen LogP contribution in [0.4, 0.5) is 0 Å². The monoisotopic (exact) mass is 345 g/mol. The van der Waals surface area contributed by atoms with Gasteiger partial charge in [-0.3, -0.25) is 14.5 Å². The van der Waals surface area contributed by atoms with E-state index in [9.17, 15) is 9.59 Å². The van der Waals surface area contributed by atoms with Gasteiger partial charge in [0.25, 0.3) is 0 Å². The van der Waals surface area contributed by atoms with E-state index in [2.05, 4.69) is 17.0 Å². The van der Waals surface area contributed by atoms with E-state index >= 15 is 0 Å². The van der Waals surface area contributed by atoms with Crippen LogP contribution in [0.2, 0.25) is 0 Å². The number of nitrogens with two attached hydrogens (primary N) is 1. The first kappa shape index (κ1) is 17.9. The van der Waals surface area contributed by atoms with Crippen LogP contribution >= 0.6 is 0 Å². The first-order chi connectivity index (χ1) is 12.1. The van der Waals surface area contributed by atoms with Gasteiger partial charge >= 0.3 is 0 Å². The van der Waals surface area contributed by atoms with Crippen LogP contribution in [-0.4, -0.2) is 67.0 Å².